The van der Waals surface area contributed by atoms with Crippen LogP contribution in [0.2, 0.25) is 0 Å². The SMILES string of the molecule is C=CC(=C)S(=O)(=O)CC. The van der Waals surface area contributed by atoms with Crippen LogP contribution in [0.25, 0.3) is 0 Å². The summed E-state index contributed by atoms with van der Waals surface area (Å²) < 4.78 is 21.5. The van der Waals surface area contributed by atoms with Crippen LogP contribution in [0.5, 0.6) is 0 Å². The van der Waals surface area contributed by atoms with Gasteiger partial charge in [-0.3, -0.25) is 0 Å². The summed E-state index contributed by atoms with van der Waals surface area (Å²) in [5.74, 6) is 0.0951. The van der Waals surface area contributed by atoms with Gasteiger partial charge in [0.15, 0.2) is 9.84 Å². The second-order valence-electron chi connectivity index (χ2n) is 1.57. The lowest BCUT2D eigenvalue weighted by Gasteiger charge is -1.95. The summed E-state index contributed by atoms with van der Waals surface area (Å²) in [4.78, 5) is 0.102. The summed E-state index contributed by atoms with van der Waals surface area (Å²) >= 11 is 0. The highest BCUT2D eigenvalue weighted by molar-refractivity contribution is 7.95. The Hall–Kier alpha value is -0.570. The van der Waals surface area contributed by atoms with E-state index in [0.29, 0.717) is 0 Å². The van der Waals surface area contributed by atoms with E-state index in [1.807, 2.05) is 0 Å². The molecule has 0 heterocycles. The van der Waals surface area contributed by atoms with Gasteiger partial charge < -0.3 is 0 Å². The van der Waals surface area contributed by atoms with E-state index in [1.165, 1.54) is 6.08 Å². The molecule has 0 aromatic carbocycles. The van der Waals surface area contributed by atoms with E-state index in [4.69, 9.17) is 0 Å². The third-order valence-electron chi connectivity index (χ3n) is 1.01. The van der Waals surface area contributed by atoms with Gasteiger partial charge in [0.05, 0.1) is 10.7 Å². The van der Waals surface area contributed by atoms with Crippen molar-refractivity contribution in [2.24, 2.45) is 0 Å². The maximum absolute atomic E-state index is 10.8. The van der Waals surface area contributed by atoms with Gasteiger partial charge in [0.25, 0.3) is 0 Å². The van der Waals surface area contributed by atoms with Crippen molar-refractivity contribution in [1.82, 2.24) is 0 Å². The first-order valence-corrected chi connectivity index (χ1v) is 4.24. The summed E-state index contributed by atoms with van der Waals surface area (Å²) in [6, 6.07) is 0. The van der Waals surface area contributed by atoms with Gasteiger partial charge in [-0.15, -0.1) is 0 Å². The Kier molecular flexibility index (Phi) is 2.65. The minimum Gasteiger partial charge on any atom is -0.224 e. The molecule has 0 aliphatic rings. The van der Waals surface area contributed by atoms with Crippen LogP contribution in [-0.4, -0.2) is 14.2 Å². The van der Waals surface area contributed by atoms with Crippen molar-refractivity contribution in [3.63, 3.8) is 0 Å². The fourth-order valence-electron chi connectivity index (χ4n) is 0.312. The first-order valence-electron chi connectivity index (χ1n) is 2.58. The molecule has 0 unspecified atom stereocenters. The second kappa shape index (κ2) is 2.82. The average Bonchev–Trinajstić information content (AvgIpc) is 1.86. The highest BCUT2D eigenvalue weighted by Crippen LogP contribution is 2.03. The molecule has 0 saturated carbocycles. The highest BCUT2D eigenvalue weighted by Gasteiger charge is 2.07. The van der Waals surface area contributed by atoms with Crippen molar-refractivity contribution in [3.05, 3.63) is 24.1 Å². The quantitative estimate of drug-likeness (QED) is 0.559. The largest absolute Gasteiger partial charge is 0.224 e. The Morgan fingerprint density at radius 1 is 1.67 bits per heavy atom. The molecular formula is C6H10O2S. The molecule has 0 radical (unpaired) electrons. The van der Waals surface area contributed by atoms with Crippen molar-refractivity contribution in [2.45, 2.75) is 6.92 Å². The number of sulfone groups is 1. The van der Waals surface area contributed by atoms with Gasteiger partial charge in [0, 0.05) is 0 Å². The maximum Gasteiger partial charge on any atom is 0.177 e. The molecule has 0 N–H and O–H groups in total. The van der Waals surface area contributed by atoms with Gasteiger partial charge in [-0.05, 0) is 0 Å². The van der Waals surface area contributed by atoms with E-state index >= 15 is 0 Å². The number of rotatable bonds is 3. The summed E-state index contributed by atoms with van der Waals surface area (Å²) in [5.41, 5.74) is 0. The van der Waals surface area contributed by atoms with Crippen LogP contribution in [0.1, 0.15) is 6.92 Å². The van der Waals surface area contributed by atoms with Crippen molar-refractivity contribution in [2.75, 3.05) is 5.75 Å². The smallest absolute Gasteiger partial charge is 0.177 e. The van der Waals surface area contributed by atoms with Gasteiger partial charge in [-0.25, -0.2) is 8.42 Å². The van der Waals surface area contributed by atoms with Crippen LogP contribution >= 0.6 is 0 Å². The molecule has 0 fully saturated rings. The van der Waals surface area contributed by atoms with Gasteiger partial charge >= 0.3 is 0 Å². The van der Waals surface area contributed by atoms with Gasteiger partial charge in [0.2, 0.25) is 0 Å². The minimum atomic E-state index is -3.06. The molecule has 9 heavy (non-hydrogen) atoms. The zero-order chi connectivity index (χ0) is 7.49. The minimum absolute atomic E-state index is 0.0951. The third-order valence-corrected chi connectivity index (χ3v) is 2.73. The Bertz CT molecular complexity index is 211. The van der Waals surface area contributed by atoms with Gasteiger partial charge in [-0.1, -0.05) is 26.2 Å². The lowest BCUT2D eigenvalue weighted by atomic mass is 10.6. The fraction of sp³-hybridized carbons (Fsp3) is 0.333. The molecule has 3 heteroatoms. The molecule has 0 aliphatic carbocycles. The molecule has 0 aromatic rings. The molecule has 0 aliphatic heterocycles. The summed E-state index contributed by atoms with van der Waals surface area (Å²) in [5, 5.41) is 0. The molecule has 0 aromatic heterocycles. The molecule has 0 atom stereocenters. The molecule has 2 nitrogen and oxygen atoms in total. The molecule has 0 spiro atoms. The van der Waals surface area contributed by atoms with Crippen LogP contribution in [0.3, 0.4) is 0 Å². The topological polar surface area (TPSA) is 34.1 Å². The van der Waals surface area contributed by atoms with Gasteiger partial charge in [-0.2, -0.15) is 0 Å². The summed E-state index contributed by atoms with van der Waals surface area (Å²) in [6.07, 6.45) is 1.25. The second-order valence-corrected chi connectivity index (χ2v) is 3.91. The molecule has 52 valence electrons. The highest BCUT2D eigenvalue weighted by atomic mass is 32.2. The van der Waals surface area contributed by atoms with Crippen LogP contribution in [0.15, 0.2) is 24.1 Å². The molecule has 0 bridgehead atoms. The molecule has 0 rings (SSSR count). The first-order chi connectivity index (χ1) is 4.04. The van der Waals surface area contributed by atoms with E-state index < -0.39 is 9.84 Å². The van der Waals surface area contributed by atoms with Crippen LogP contribution < -0.4 is 0 Å². The van der Waals surface area contributed by atoms with E-state index in [9.17, 15) is 8.42 Å². The zero-order valence-electron chi connectivity index (χ0n) is 5.42. The molecule has 0 amide bonds. The maximum atomic E-state index is 10.8. The van der Waals surface area contributed by atoms with Crippen LogP contribution in [-0.2, 0) is 9.84 Å². The van der Waals surface area contributed by atoms with Crippen molar-refractivity contribution in [1.29, 1.82) is 0 Å². The van der Waals surface area contributed by atoms with Crippen molar-refractivity contribution in [3.8, 4) is 0 Å². The fourth-order valence-corrected chi connectivity index (χ4v) is 0.937. The van der Waals surface area contributed by atoms with E-state index in [0.717, 1.165) is 0 Å². The monoisotopic (exact) mass is 146 g/mol. The lowest BCUT2D eigenvalue weighted by molar-refractivity contribution is 0.604. The zero-order valence-corrected chi connectivity index (χ0v) is 6.24. The molecular weight excluding hydrogens is 136 g/mol. The summed E-state index contributed by atoms with van der Waals surface area (Å²) in [6.45, 7) is 8.18. The Morgan fingerprint density at radius 2 is 2.11 bits per heavy atom. The Morgan fingerprint density at radius 3 is 2.22 bits per heavy atom. The van der Waals surface area contributed by atoms with E-state index in [-0.39, 0.29) is 10.7 Å². The summed E-state index contributed by atoms with van der Waals surface area (Å²) in [7, 11) is -3.06. The third kappa shape index (κ3) is 2.01. The van der Waals surface area contributed by atoms with Crippen molar-refractivity contribution < 1.29 is 8.42 Å². The van der Waals surface area contributed by atoms with E-state index in [1.54, 1.807) is 6.92 Å². The van der Waals surface area contributed by atoms with E-state index in [2.05, 4.69) is 13.2 Å². The first kappa shape index (κ1) is 8.43. The standard InChI is InChI=1S/C6H10O2S/c1-4-6(3)9(7,8)5-2/h4H,1,3,5H2,2H3. The van der Waals surface area contributed by atoms with Crippen LogP contribution in [0.4, 0.5) is 0 Å². The normalized spacial score (nSPS) is 10.8. The Balaban J connectivity index is 4.56. The van der Waals surface area contributed by atoms with Crippen molar-refractivity contribution >= 4 is 9.84 Å². The number of hydrogen-bond donors (Lipinski definition) is 0. The predicted octanol–water partition coefficient (Wildman–Crippen LogP) is 1.12. The Labute approximate surface area is 55.8 Å². The predicted molar refractivity (Wildman–Crippen MR) is 38.8 cm³/mol. The number of hydrogen-bond acceptors (Lipinski definition) is 2. The van der Waals surface area contributed by atoms with Crippen LogP contribution in [0, 0.1) is 0 Å². The van der Waals surface area contributed by atoms with Gasteiger partial charge in [0.1, 0.15) is 0 Å². The molecule has 0 saturated heterocycles. The lowest BCUT2D eigenvalue weighted by Crippen LogP contribution is -2.02. The average molecular weight is 146 g/mol. The number of allylic oxidation sites excluding steroid dienone is 1.